The number of nitrogens with one attached hydrogen (secondary N) is 1. The van der Waals surface area contributed by atoms with Gasteiger partial charge < -0.3 is 20.5 Å². The van der Waals surface area contributed by atoms with Crippen LogP contribution in [-0.2, 0) is 4.74 Å². The first-order chi connectivity index (χ1) is 8.58. The van der Waals surface area contributed by atoms with Crippen LogP contribution in [0.4, 0.5) is 10.5 Å². The van der Waals surface area contributed by atoms with Crippen LogP contribution < -0.4 is 15.8 Å². The molecule has 0 unspecified atom stereocenters. The van der Waals surface area contributed by atoms with Gasteiger partial charge in [-0.2, -0.15) is 0 Å². The number of nitrogens with two attached hydrogens (primary N) is 1. The van der Waals surface area contributed by atoms with Gasteiger partial charge in [-0.25, -0.2) is 4.79 Å². The molecule has 100 valence electrons. The van der Waals surface area contributed by atoms with Crippen LogP contribution >= 0.6 is 0 Å². The van der Waals surface area contributed by atoms with Gasteiger partial charge in [-0.3, -0.25) is 0 Å². The second-order valence-corrected chi connectivity index (χ2v) is 4.34. The lowest BCUT2D eigenvalue weighted by molar-refractivity contribution is 0.131. The van der Waals surface area contributed by atoms with Gasteiger partial charge >= 0.3 is 6.09 Å². The third-order valence-electron chi connectivity index (χ3n) is 2.05. The van der Waals surface area contributed by atoms with Crippen LogP contribution in [0.5, 0.6) is 5.75 Å². The number of carbonyl (C=O) groups is 1. The van der Waals surface area contributed by atoms with Crippen molar-refractivity contribution in [3.8, 4) is 5.75 Å². The normalized spacial score (nSPS) is 10.2. The molecule has 0 aliphatic carbocycles. The largest absolute Gasteiger partial charge is 0.492 e. The van der Waals surface area contributed by atoms with Crippen molar-refractivity contribution < 1.29 is 14.3 Å². The Morgan fingerprint density at radius 1 is 1.44 bits per heavy atom. The van der Waals surface area contributed by atoms with Crippen LogP contribution in [0.25, 0.3) is 0 Å². The topological polar surface area (TPSA) is 73.6 Å². The number of nitrogen functional groups attached to an aromatic ring is 1. The van der Waals surface area contributed by atoms with Crippen molar-refractivity contribution in [1.29, 1.82) is 0 Å². The van der Waals surface area contributed by atoms with Gasteiger partial charge in [0.2, 0.25) is 0 Å². The molecule has 0 fully saturated rings. The number of ether oxygens (including phenoxy) is 2. The summed E-state index contributed by atoms with van der Waals surface area (Å²) in [5.74, 6) is 1.02. The Morgan fingerprint density at radius 2 is 2.22 bits per heavy atom. The molecule has 5 nitrogen and oxygen atoms in total. The Bertz CT molecular complexity index is 380. The van der Waals surface area contributed by atoms with E-state index in [9.17, 15) is 4.79 Å². The lowest BCUT2D eigenvalue weighted by Gasteiger charge is -2.09. The van der Waals surface area contributed by atoms with E-state index in [1.165, 1.54) is 0 Å². The van der Waals surface area contributed by atoms with Crippen LogP contribution in [-0.4, -0.2) is 25.9 Å². The molecule has 0 saturated heterocycles. The fraction of sp³-hybridized carbons (Fsp3) is 0.462. The van der Waals surface area contributed by atoms with E-state index in [4.69, 9.17) is 15.2 Å². The van der Waals surface area contributed by atoms with Crippen LogP contribution in [0, 0.1) is 5.92 Å². The lowest BCUT2D eigenvalue weighted by Crippen LogP contribution is -2.29. The third-order valence-corrected chi connectivity index (χ3v) is 2.05. The minimum absolute atomic E-state index is 0.333. The monoisotopic (exact) mass is 252 g/mol. The molecule has 18 heavy (non-hydrogen) atoms. The van der Waals surface area contributed by atoms with E-state index in [1.807, 2.05) is 26.0 Å². The maximum Gasteiger partial charge on any atom is 0.407 e. The van der Waals surface area contributed by atoms with Crippen LogP contribution in [0.15, 0.2) is 24.3 Å². The Morgan fingerprint density at radius 3 is 2.89 bits per heavy atom. The van der Waals surface area contributed by atoms with Crippen molar-refractivity contribution in [2.24, 2.45) is 5.92 Å². The number of rotatable bonds is 6. The van der Waals surface area contributed by atoms with Gasteiger partial charge in [0.25, 0.3) is 0 Å². The molecule has 0 aliphatic rings. The second-order valence-electron chi connectivity index (χ2n) is 4.34. The van der Waals surface area contributed by atoms with E-state index in [1.54, 1.807) is 12.1 Å². The first-order valence-electron chi connectivity index (χ1n) is 5.97. The van der Waals surface area contributed by atoms with Crippen molar-refractivity contribution in [1.82, 2.24) is 5.32 Å². The van der Waals surface area contributed by atoms with Gasteiger partial charge in [0, 0.05) is 11.8 Å². The third kappa shape index (κ3) is 5.98. The zero-order valence-corrected chi connectivity index (χ0v) is 10.8. The SMILES string of the molecule is CC(C)COC(=O)NCCOc1cccc(N)c1. The predicted molar refractivity (Wildman–Crippen MR) is 70.5 cm³/mol. The van der Waals surface area contributed by atoms with Crippen molar-refractivity contribution in [2.45, 2.75) is 13.8 Å². The summed E-state index contributed by atoms with van der Waals surface area (Å²) in [7, 11) is 0. The summed E-state index contributed by atoms with van der Waals surface area (Å²) >= 11 is 0. The highest BCUT2D eigenvalue weighted by Gasteiger charge is 2.02. The van der Waals surface area contributed by atoms with Crippen LogP contribution in [0.3, 0.4) is 0 Å². The molecule has 0 aliphatic heterocycles. The van der Waals surface area contributed by atoms with E-state index >= 15 is 0 Å². The highest BCUT2D eigenvalue weighted by Crippen LogP contribution is 2.13. The number of amides is 1. The summed E-state index contributed by atoms with van der Waals surface area (Å²) in [4.78, 5) is 11.2. The van der Waals surface area contributed by atoms with E-state index < -0.39 is 6.09 Å². The standard InChI is InChI=1S/C13H20N2O3/c1-10(2)9-18-13(16)15-6-7-17-12-5-3-4-11(14)8-12/h3-5,8,10H,6-7,9,14H2,1-2H3,(H,15,16). The summed E-state index contributed by atoms with van der Waals surface area (Å²) in [5.41, 5.74) is 6.26. The van der Waals surface area contributed by atoms with Crippen LogP contribution in [0.2, 0.25) is 0 Å². The van der Waals surface area contributed by atoms with Gasteiger partial charge in [0.15, 0.2) is 0 Å². The van der Waals surface area contributed by atoms with Crippen molar-refractivity contribution in [3.63, 3.8) is 0 Å². The maximum atomic E-state index is 11.2. The maximum absolute atomic E-state index is 11.2. The van der Waals surface area contributed by atoms with Gasteiger partial charge in [-0.1, -0.05) is 19.9 Å². The summed E-state index contributed by atoms with van der Waals surface area (Å²) in [6.07, 6.45) is -0.417. The Labute approximate surface area is 107 Å². The highest BCUT2D eigenvalue weighted by atomic mass is 16.5. The van der Waals surface area contributed by atoms with Gasteiger partial charge in [0.1, 0.15) is 12.4 Å². The van der Waals surface area contributed by atoms with Gasteiger partial charge in [0.05, 0.1) is 13.2 Å². The number of anilines is 1. The molecule has 3 N–H and O–H groups in total. The number of benzene rings is 1. The molecule has 0 heterocycles. The Balaban J connectivity index is 2.13. The molecule has 0 atom stereocenters. The molecule has 0 saturated carbocycles. The summed E-state index contributed by atoms with van der Waals surface area (Å²) in [5, 5.41) is 2.61. The fourth-order valence-corrected chi connectivity index (χ4v) is 1.22. The van der Waals surface area contributed by atoms with E-state index in [0.717, 1.165) is 0 Å². The van der Waals surface area contributed by atoms with Crippen LogP contribution in [0.1, 0.15) is 13.8 Å². The zero-order valence-electron chi connectivity index (χ0n) is 10.8. The minimum atomic E-state index is -0.417. The lowest BCUT2D eigenvalue weighted by atomic mass is 10.2. The number of carbonyl (C=O) groups excluding carboxylic acids is 1. The molecule has 5 heteroatoms. The van der Waals surface area contributed by atoms with E-state index in [2.05, 4.69) is 5.32 Å². The second kappa shape index (κ2) is 7.42. The van der Waals surface area contributed by atoms with Gasteiger partial charge in [-0.05, 0) is 18.1 Å². The molecule has 0 spiro atoms. The first-order valence-corrected chi connectivity index (χ1v) is 5.97. The minimum Gasteiger partial charge on any atom is -0.492 e. The Kier molecular flexibility index (Phi) is 5.84. The molecule has 0 radical (unpaired) electrons. The molecule has 0 bridgehead atoms. The Hall–Kier alpha value is -1.91. The summed E-state index contributed by atoms with van der Waals surface area (Å²) in [6.45, 7) is 5.15. The zero-order chi connectivity index (χ0) is 13.4. The number of hydrogen-bond acceptors (Lipinski definition) is 4. The van der Waals surface area contributed by atoms with Crippen molar-refractivity contribution in [2.75, 3.05) is 25.5 Å². The smallest absolute Gasteiger partial charge is 0.407 e. The van der Waals surface area contributed by atoms with E-state index in [-0.39, 0.29) is 0 Å². The summed E-state index contributed by atoms with van der Waals surface area (Å²) < 4.78 is 10.4. The molecule has 1 aromatic carbocycles. The molecule has 1 amide bonds. The van der Waals surface area contributed by atoms with E-state index in [0.29, 0.717) is 37.1 Å². The molecule has 1 rings (SSSR count). The molecular weight excluding hydrogens is 232 g/mol. The quantitative estimate of drug-likeness (QED) is 0.600. The first kappa shape index (κ1) is 14.2. The summed E-state index contributed by atoms with van der Waals surface area (Å²) in [6, 6.07) is 7.15. The molecular formula is C13H20N2O3. The highest BCUT2D eigenvalue weighted by molar-refractivity contribution is 5.67. The van der Waals surface area contributed by atoms with Crippen molar-refractivity contribution in [3.05, 3.63) is 24.3 Å². The molecule has 1 aromatic rings. The number of hydrogen-bond donors (Lipinski definition) is 2. The number of alkyl carbamates (subject to hydrolysis) is 1. The fourth-order valence-electron chi connectivity index (χ4n) is 1.22. The predicted octanol–water partition coefficient (Wildman–Crippen LogP) is 2.03. The average Bonchev–Trinajstić information content (AvgIpc) is 2.32. The molecule has 0 aromatic heterocycles. The van der Waals surface area contributed by atoms with Gasteiger partial charge in [-0.15, -0.1) is 0 Å². The average molecular weight is 252 g/mol. The van der Waals surface area contributed by atoms with Crippen molar-refractivity contribution >= 4 is 11.8 Å².